The van der Waals surface area contributed by atoms with Crippen LogP contribution in [-0.2, 0) is 10.0 Å². The minimum absolute atomic E-state index is 0.195. The van der Waals surface area contributed by atoms with Gasteiger partial charge in [-0.05, 0) is 31.2 Å². The second-order valence-corrected chi connectivity index (χ2v) is 7.81. The molecule has 0 bridgehead atoms. The molecule has 0 unspecified atom stereocenters. The van der Waals surface area contributed by atoms with Crippen LogP contribution in [0.1, 0.15) is 6.92 Å². The number of nitrogens with zero attached hydrogens (tertiary/aromatic N) is 2. The van der Waals surface area contributed by atoms with Gasteiger partial charge in [-0.2, -0.15) is 4.31 Å². The van der Waals surface area contributed by atoms with Crippen molar-refractivity contribution in [2.45, 2.75) is 13.0 Å². The molecule has 0 spiro atoms. The molecule has 1 aromatic rings. The Kier molecular flexibility index (Phi) is 6.85. The van der Waals surface area contributed by atoms with E-state index in [1.807, 2.05) is 36.1 Å². The first-order chi connectivity index (χ1) is 11.4. The monoisotopic (exact) mass is 358 g/mol. The summed E-state index contributed by atoms with van der Waals surface area (Å²) in [6.45, 7) is 5.37. The van der Waals surface area contributed by atoms with Gasteiger partial charge in [0.25, 0.3) is 0 Å². The van der Waals surface area contributed by atoms with E-state index in [0.717, 1.165) is 5.75 Å². The molecule has 0 aromatic heterocycles. The zero-order valence-electron chi connectivity index (χ0n) is 14.2. The molecule has 1 fully saturated rings. The van der Waals surface area contributed by atoms with E-state index in [4.69, 9.17) is 9.47 Å². The molecular formula is C16H26N2O5S. The first-order valence-corrected chi connectivity index (χ1v) is 9.94. The van der Waals surface area contributed by atoms with E-state index in [0.29, 0.717) is 45.1 Å². The highest BCUT2D eigenvalue weighted by Crippen LogP contribution is 2.17. The third-order valence-electron chi connectivity index (χ3n) is 3.85. The largest absolute Gasteiger partial charge is 0.494 e. The van der Waals surface area contributed by atoms with Crippen LogP contribution in [0.3, 0.4) is 0 Å². The first kappa shape index (κ1) is 19.0. The molecule has 8 heteroatoms. The highest BCUT2D eigenvalue weighted by molar-refractivity contribution is 7.88. The summed E-state index contributed by atoms with van der Waals surface area (Å²) < 4.78 is 35.3. The van der Waals surface area contributed by atoms with Crippen LogP contribution in [0.5, 0.6) is 11.5 Å². The number of rotatable bonds is 8. The Hall–Kier alpha value is -1.35. The van der Waals surface area contributed by atoms with Crippen LogP contribution in [0.15, 0.2) is 24.3 Å². The van der Waals surface area contributed by atoms with Gasteiger partial charge in [0.1, 0.15) is 24.2 Å². The highest BCUT2D eigenvalue weighted by Gasteiger charge is 2.24. The van der Waals surface area contributed by atoms with Gasteiger partial charge in [-0.3, -0.25) is 4.90 Å². The van der Waals surface area contributed by atoms with Crippen LogP contribution < -0.4 is 9.47 Å². The van der Waals surface area contributed by atoms with Gasteiger partial charge in [-0.1, -0.05) is 0 Å². The third kappa shape index (κ3) is 5.94. The van der Waals surface area contributed by atoms with Crippen molar-refractivity contribution in [3.8, 4) is 11.5 Å². The van der Waals surface area contributed by atoms with Gasteiger partial charge in [-0.15, -0.1) is 0 Å². The maximum atomic E-state index is 11.5. The summed E-state index contributed by atoms with van der Waals surface area (Å²) >= 11 is 0. The van der Waals surface area contributed by atoms with E-state index in [1.165, 1.54) is 10.6 Å². The number of β-amino-alcohol motifs (C(OH)–C–C–N with tert-alkyl or cyclic N) is 1. The molecule has 24 heavy (non-hydrogen) atoms. The van der Waals surface area contributed by atoms with Crippen LogP contribution >= 0.6 is 0 Å². The topological polar surface area (TPSA) is 79.3 Å². The van der Waals surface area contributed by atoms with Gasteiger partial charge in [0.2, 0.25) is 10.0 Å². The first-order valence-electron chi connectivity index (χ1n) is 8.09. The predicted molar refractivity (Wildman–Crippen MR) is 92.0 cm³/mol. The Balaban J connectivity index is 1.71. The lowest BCUT2D eigenvalue weighted by Gasteiger charge is -2.34. The Morgan fingerprint density at radius 3 is 2.12 bits per heavy atom. The lowest BCUT2D eigenvalue weighted by atomic mass is 10.3. The lowest BCUT2D eigenvalue weighted by Crippen LogP contribution is -2.50. The SMILES string of the molecule is CCOc1ccc(OC[C@H](O)CN2CCN(S(C)(=O)=O)CC2)cc1. The second kappa shape index (κ2) is 8.66. The molecule has 1 N–H and O–H groups in total. The van der Waals surface area contributed by atoms with E-state index in [2.05, 4.69) is 0 Å². The molecule has 0 amide bonds. The molecule has 1 heterocycles. The summed E-state index contributed by atoms with van der Waals surface area (Å²) in [5, 5.41) is 10.1. The number of ether oxygens (including phenoxy) is 2. The normalized spacial score (nSPS) is 18.3. The molecule has 0 saturated carbocycles. The molecule has 7 nitrogen and oxygen atoms in total. The van der Waals surface area contributed by atoms with Crippen molar-refractivity contribution in [1.29, 1.82) is 0 Å². The number of piperazine rings is 1. The molecule has 1 aliphatic heterocycles. The molecule has 1 aliphatic rings. The van der Waals surface area contributed by atoms with Crippen molar-refractivity contribution < 1.29 is 23.0 Å². The number of hydrogen-bond acceptors (Lipinski definition) is 6. The Morgan fingerprint density at radius 1 is 1.08 bits per heavy atom. The van der Waals surface area contributed by atoms with Gasteiger partial charge in [0, 0.05) is 32.7 Å². The summed E-state index contributed by atoms with van der Waals surface area (Å²) in [4.78, 5) is 2.05. The molecule has 136 valence electrons. The van der Waals surface area contributed by atoms with Crippen molar-refractivity contribution in [1.82, 2.24) is 9.21 Å². The van der Waals surface area contributed by atoms with Crippen molar-refractivity contribution in [3.63, 3.8) is 0 Å². The van der Waals surface area contributed by atoms with Crippen molar-refractivity contribution in [2.24, 2.45) is 0 Å². The van der Waals surface area contributed by atoms with E-state index in [9.17, 15) is 13.5 Å². The average molecular weight is 358 g/mol. The maximum absolute atomic E-state index is 11.5. The number of sulfonamides is 1. The van der Waals surface area contributed by atoms with Crippen molar-refractivity contribution >= 4 is 10.0 Å². The van der Waals surface area contributed by atoms with Gasteiger partial charge in [-0.25, -0.2) is 8.42 Å². The minimum Gasteiger partial charge on any atom is -0.494 e. The number of aliphatic hydroxyl groups excluding tert-OH is 1. The fourth-order valence-electron chi connectivity index (χ4n) is 2.59. The summed E-state index contributed by atoms with van der Waals surface area (Å²) in [6.07, 6.45) is 0.601. The maximum Gasteiger partial charge on any atom is 0.211 e. The number of aliphatic hydroxyl groups is 1. The number of hydrogen-bond donors (Lipinski definition) is 1. The van der Waals surface area contributed by atoms with Gasteiger partial charge in [0.05, 0.1) is 12.9 Å². The summed E-state index contributed by atoms with van der Waals surface area (Å²) in [5.41, 5.74) is 0. The Labute approximate surface area is 143 Å². The second-order valence-electron chi connectivity index (χ2n) is 5.83. The predicted octanol–water partition coefficient (Wildman–Crippen LogP) is 0.402. The molecule has 1 atom stereocenters. The van der Waals surface area contributed by atoms with Crippen LogP contribution in [0.4, 0.5) is 0 Å². The molecular weight excluding hydrogens is 332 g/mol. The van der Waals surface area contributed by atoms with Gasteiger partial charge < -0.3 is 14.6 Å². The van der Waals surface area contributed by atoms with Crippen molar-refractivity contribution in [3.05, 3.63) is 24.3 Å². The van der Waals surface area contributed by atoms with Crippen LogP contribution in [0, 0.1) is 0 Å². The van der Waals surface area contributed by atoms with E-state index >= 15 is 0 Å². The smallest absolute Gasteiger partial charge is 0.211 e. The number of benzene rings is 1. The Morgan fingerprint density at radius 2 is 1.62 bits per heavy atom. The lowest BCUT2D eigenvalue weighted by molar-refractivity contribution is 0.0569. The minimum atomic E-state index is -3.12. The van der Waals surface area contributed by atoms with E-state index < -0.39 is 16.1 Å². The van der Waals surface area contributed by atoms with Gasteiger partial charge >= 0.3 is 0 Å². The zero-order valence-corrected chi connectivity index (χ0v) is 15.0. The van der Waals surface area contributed by atoms with E-state index in [-0.39, 0.29) is 6.61 Å². The molecule has 1 aromatic carbocycles. The summed E-state index contributed by atoms with van der Waals surface area (Å²) in [5.74, 6) is 1.47. The standard InChI is InChI=1S/C16H26N2O5S/c1-3-22-15-4-6-16(7-5-15)23-13-14(19)12-17-8-10-18(11-9-17)24(2,20)21/h4-7,14,19H,3,8-13H2,1-2H3/t14-/m1/s1. The van der Waals surface area contributed by atoms with Crippen LogP contribution in [-0.4, -0.2) is 81.0 Å². The quantitative estimate of drug-likeness (QED) is 0.725. The third-order valence-corrected chi connectivity index (χ3v) is 5.15. The molecule has 0 radical (unpaired) electrons. The van der Waals surface area contributed by atoms with Gasteiger partial charge in [0.15, 0.2) is 0 Å². The highest BCUT2D eigenvalue weighted by atomic mass is 32.2. The molecule has 1 saturated heterocycles. The molecule has 0 aliphatic carbocycles. The molecule has 2 rings (SSSR count). The fraction of sp³-hybridized carbons (Fsp3) is 0.625. The Bertz CT molecular complexity index is 597. The van der Waals surface area contributed by atoms with Crippen molar-refractivity contribution in [2.75, 3.05) is 52.2 Å². The summed E-state index contributed by atoms with van der Waals surface area (Å²) in [6, 6.07) is 7.27. The zero-order chi connectivity index (χ0) is 17.6. The van der Waals surface area contributed by atoms with Crippen LogP contribution in [0.2, 0.25) is 0 Å². The average Bonchev–Trinajstić information content (AvgIpc) is 2.54. The van der Waals surface area contributed by atoms with Crippen LogP contribution in [0.25, 0.3) is 0 Å². The fourth-order valence-corrected chi connectivity index (χ4v) is 3.41. The summed E-state index contributed by atoms with van der Waals surface area (Å²) in [7, 11) is -3.12. The van der Waals surface area contributed by atoms with E-state index in [1.54, 1.807) is 0 Å².